The van der Waals surface area contributed by atoms with Gasteiger partial charge in [0.25, 0.3) is 0 Å². The summed E-state index contributed by atoms with van der Waals surface area (Å²) in [6.45, 7) is 1.99. The van der Waals surface area contributed by atoms with Crippen LogP contribution in [0.2, 0.25) is 0 Å². The Morgan fingerprint density at radius 3 is 2.54 bits per heavy atom. The van der Waals surface area contributed by atoms with E-state index in [4.69, 9.17) is 10.6 Å². The Bertz CT molecular complexity index is 1080. The van der Waals surface area contributed by atoms with Crippen LogP contribution in [0.15, 0.2) is 59.8 Å². The smallest absolute Gasteiger partial charge is 0.210 e. The molecule has 4 rings (SSSR count). The van der Waals surface area contributed by atoms with Gasteiger partial charge in [-0.25, -0.2) is 4.68 Å². The third-order valence-corrected chi connectivity index (χ3v) is 5.21. The van der Waals surface area contributed by atoms with Crippen LogP contribution in [-0.4, -0.2) is 42.2 Å². The molecular formula is C18H18N8OS. The van der Waals surface area contributed by atoms with Crippen LogP contribution in [0.5, 0.6) is 5.75 Å². The summed E-state index contributed by atoms with van der Waals surface area (Å²) in [4.78, 5) is 0. The van der Waals surface area contributed by atoms with E-state index in [1.807, 2.05) is 61.5 Å². The number of aromatic nitrogens is 7. The van der Waals surface area contributed by atoms with Crippen LogP contribution >= 0.6 is 11.8 Å². The number of para-hydroxylation sites is 2. The summed E-state index contributed by atoms with van der Waals surface area (Å²) in [5, 5.41) is 21.0. The standard InChI is InChI=1S/C18H18N8OS/c1-12(16-21-23-24-26(16)13-8-4-3-5-9-13)28-18-22-20-17(25(18)19)14-10-6-7-11-15(14)27-2/h3-12H,19H2,1-2H3. The van der Waals surface area contributed by atoms with Crippen LogP contribution in [0.25, 0.3) is 17.1 Å². The number of tetrazole rings is 1. The Kier molecular flexibility index (Phi) is 4.94. The van der Waals surface area contributed by atoms with Crippen molar-refractivity contribution in [3.63, 3.8) is 0 Å². The van der Waals surface area contributed by atoms with Gasteiger partial charge in [-0.1, -0.05) is 42.1 Å². The monoisotopic (exact) mass is 394 g/mol. The predicted molar refractivity (Wildman–Crippen MR) is 106 cm³/mol. The molecular weight excluding hydrogens is 376 g/mol. The van der Waals surface area contributed by atoms with Crippen LogP contribution in [0.3, 0.4) is 0 Å². The van der Waals surface area contributed by atoms with Crippen LogP contribution in [0.1, 0.15) is 18.0 Å². The molecule has 2 aromatic heterocycles. The second kappa shape index (κ2) is 7.69. The van der Waals surface area contributed by atoms with Gasteiger partial charge in [0.15, 0.2) is 11.6 Å². The zero-order valence-electron chi connectivity index (χ0n) is 15.3. The lowest BCUT2D eigenvalue weighted by Gasteiger charge is -2.11. The van der Waals surface area contributed by atoms with Crippen molar-refractivity contribution in [3.05, 3.63) is 60.4 Å². The fraction of sp³-hybridized carbons (Fsp3) is 0.167. The minimum atomic E-state index is -0.104. The summed E-state index contributed by atoms with van der Waals surface area (Å²) in [7, 11) is 1.61. The lowest BCUT2D eigenvalue weighted by atomic mass is 10.2. The molecule has 2 N–H and O–H groups in total. The van der Waals surface area contributed by atoms with Gasteiger partial charge in [-0.15, -0.1) is 15.3 Å². The number of nitrogen functional groups attached to an aromatic ring is 1. The summed E-state index contributed by atoms with van der Waals surface area (Å²) in [6, 6.07) is 17.3. The van der Waals surface area contributed by atoms with Gasteiger partial charge >= 0.3 is 0 Å². The molecule has 2 heterocycles. The predicted octanol–water partition coefficient (Wildman–Crippen LogP) is 2.50. The molecule has 9 nitrogen and oxygen atoms in total. The molecule has 0 bridgehead atoms. The van der Waals surface area contributed by atoms with E-state index < -0.39 is 0 Å². The molecule has 0 fully saturated rings. The Balaban J connectivity index is 1.61. The molecule has 0 saturated carbocycles. The third-order valence-electron chi connectivity index (χ3n) is 4.15. The molecule has 28 heavy (non-hydrogen) atoms. The molecule has 4 aromatic rings. The van der Waals surface area contributed by atoms with Gasteiger partial charge in [0.05, 0.1) is 23.6 Å². The summed E-state index contributed by atoms with van der Waals surface area (Å²) < 4.78 is 8.55. The first-order valence-corrected chi connectivity index (χ1v) is 9.41. The summed E-state index contributed by atoms with van der Waals surface area (Å²) in [6.07, 6.45) is 0. The van der Waals surface area contributed by atoms with Crippen molar-refractivity contribution in [1.82, 2.24) is 35.1 Å². The average molecular weight is 394 g/mol. The zero-order valence-corrected chi connectivity index (χ0v) is 16.1. The highest BCUT2D eigenvalue weighted by Crippen LogP contribution is 2.35. The number of methoxy groups -OCH3 is 1. The first-order chi connectivity index (χ1) is 13.7. The molecule has 2 aromatic carbocycles. The molecule has 1 atom stereocenters. The molecule has 142 valence electrons. The maximum absolute atomic E-state index is 6.27. The Morgan fingerprint density at radius 2 is 1.75 bits per heavy atom. The minimum Gasteiger partial charge on any atom is -0.496 e. The van der Waals surface area contributed by atoms with Gasteiger partial charge in [-0.3, -0.25) is 0 Å². The number of thioether (sulfide) groups is 1. The van der Waals surface area contributed by atoms with Gasteiger partial charge in [-0.05, 0) is 41.6 Å². The van der Waals surface area contributed by atoms with E-state index in [1.54, 1.807) is 11.8 Å². The molecule has 1 unspecified atom stereocenters. The Hall–Kier alpha value is -3.40. The van der Waals surface area contributed by atoms with Crippen LogP contribution in [0, 0.1) is 0 Å². The lowest BCUT2D eigenvalue weighted by molar-refractivity contribution is 0.416. The van der Waals surface area contributed by atoms with Crippen LogP contribution in [-0.2, 0) is 0 Å². The molecule has 0 radical (unpaired) electrons. The largest absolute Gasteiger partial charge is 0.496 e. The Labute approximate surface area is 165 Å². The first kappa shape index (κ1) is 18.0. The van der Waals surface area contributed by atoms with Crippen LogP contribution < -0.4 is 10.6 Å². The van der Waals surface area contributed by atoms with E-state index in [1.165, 1.54) is 16.4 Å². The van der Waals surface area contributed by atoms with Gasteiger partial charge in [0.1, 0.15) is 5.75 Å². The van der Waals surface area contributed by atoms with E-state index in [0.717, 1.165) is 11.3 Å². The minimum absolute atomic E-state index is 0.104. The second-order valence-corrected chi connectivity index (χ2v) is 7.23. The van der Waals surface area contributed by atoms with Crippen molar-refractivity contribution in [2.75, 3.05) is 13.0 Å². The third kappa shape index (κ3) is 3.29. The number of hydrogen-bond donors (Lipinski definition) is 1. The van der Waals surface area contributed by atoms with Gasteiger partial charge in [0, 0.05) is 0 Å². The van der Waals surface area contributed by atoms with E-state index in [0.29, 0.717) is 22.6 Å². The first-order valence-electron chi connectivity index (χ1n) is 8.53. The highest BCUT2D eigenvalue weighted by molar-refractivity contribution is 7.99. The van der Waals surface area contributed by atoms with Gasteiger partial charge in [0.2, 0.25) is 5.16 Å². The van der Waals surface area contributed by atoms with E-state index in [9.17, 15) is 0 Å². The quantitative estimate of drug-likeness (QED) is 0.392. The molecule has 10 heteroatoms. The van der Waals surface area contributed by atoms with Crippen molar-refractivity contribution in [3.8, 4) is 22.8 Å². The highest BCUT2D eigenvalue weighted by Gasteiger charge is 2.22. The lowest BCUT2D eigenvalue weighted by Crippen LogP contribution is -2.13. The number of benzene rings is 2. The summed E-state index contributed by atoms with van der Waals surface area (Å²) in [5.41, 5.74) is 1.66. The number of nitrogens with two attached hydrogens (primary N) is 1. The molecule has 0 amide bonds. The highest BCUT2D eigenvalue weighted by atomic mass is 32.2. The van der Waals surface area contributed by atoms with Crippen molar-refractivity contribution in [1.29, 1.82) is 0 Å². The number of nitrogens with zero attached hydrogens (tertiary/aromatic N) is 7. The van der Waals surface area contributed by atoms with Crippen molar-refractivity contribution in [2.24, 2.45) is 0 Å². The molecule has 0 aliphatic rings. The van der Waals surface area contributed by atoms with Crippen molar-refractivity contribution in [2.45, 2.75) is 17.3 Å². The Morgan fingerprint density at radius 1 is 1.00 bits per heavy atom. The maximum Gasteiger partial charge on any atom is 0.210 e. The molecule has 0 spiro atoms. The number of ether oxygens (including phenoxy) is 1. The normalized spacial score (nSPS) is 12.1. The molecule has 0 aliphatic heterocycles. The number of hydrogen-bond acceptors (Lipinski definition) is 8. The second-order valence-electron chi connectivity index (χ2n) is 5.92. The fourth-order valence-electron chi connectivity index (χ4n) is 2.78. The van der Waals surface area contributed by atoms with Crippen molar-refractivity contribution < 1.29 is 4.74 Å². The summed E-state index contributed by atoms with van der Waals surface area (Å²) >= 11 is 1.43. The molecule has 0 aliphatic carbocycles. The topological polar surface area (TPSA) is 110 Å². The SMILES string of the molecule is COc1ccccc1-c1nnc(SC(C)c2nnnn2-c2ccccc2)n1N. The maximum atomic E-state index is 6.27. The number of rotatable bonds is 6. The molecule has 0 saturated heterocycles. The van der Waals surface area contributed by atoms with E-state index in [2.05, 4.69) is 25.7 Å². The van der Waals surface area contributed by atoms with E-state index >= 15 is 0 Å². The van der Waals surface area contributed by atoms with E-state index in [-0.39, 0.29) is 5.25 Å². The van der Waals surface area contributed by atoms with Gasteiger partial charge in [-0.2, -0.15) is 4.68 Å². The summed E-state index contributed by atoms with van der Waals surface area (Å²) in [5.74, 6) is 8.16. The average Bonchev–Trinajstić information content (AvgIpc) is 3.36. The van der Waals surface area contributed by atoms with Crippen molar-refractivity contribution >= 4 is 11.8 Å². The van der Waals surface area contributed by atoms with Gasteiger partial charge < -0.3 is 10.6 Å². The fourth-order valence-corrected chi connectivity index (χ4v) is 3.64. The van der Waals surface area contributed by atoms with Crippen LogP contribution in [0.4, 0.5) is 0 Å². The zero-order chi connectivity index (χ0) is 19.5.